The molecule has 3 heterocycles. The second-order valence-corrected chi connectivity index (χ2v) is 10.6. The van der Waals surface area contributed by atoms with E-state index in [-0.39, 0.29) is 48.3 Å². The summed E-state index contributed by atoms with van der Waals surface area (Å²) in [5.41, 5.74) is 3.08. The minimum atomic E-state index is -0.814. The number of carbonyl (C=O) groups is 2. The number of amides is 1. The second kappa shape index (κ2) is 11.4. The number of oxazole rings is 1. The Morgan fingerprint density at radius 1 is 1.21 bits per heavy atom. The van der Waals surface area contributed by atoms with E-state index in [9.17, 15) is 14.0 Å². The number of benzene rings is 2. The number of anilines is 1. The van der Waals surface area contributed by atoms with E-state index in [4.69, 9.17) is 4.42 Å². The summed E-state index contributed by atoms with van der Waals surface area (Å²) < 4.78 is 20.3. The molecule has 0 aliphatic carbocycles. The van der Waals surface area contributed by atoms with Gasteiger partial charge in [0, 0.05) is 30.5 Å². The maximum atomic E-state index is 14.5. The third-order valence-corrected chi connectivity index (χ3v) is 7.47. The zero-order valence-electron chi connectivity index (χ0n) is 22.5. The van der Waals surface area contributed by atoms with Crippen LogP contribution in [0.25, 0.3) is 22.4 Å². The van der Waals surface area contributed by atoms with Crippen molar-refractivity contribution in [3.05, 3.63) is 65.9 Å². The highest BCUT2D eigenvalue weighted by molar-refractivity contribution is 5.92. The monoisotopic (exact) mass is 531 g/mol. The van der Waals surface area contributed by atoms with Crippen LogP contribution in [0.5, 0.6) is 0 Å². The van der Waals surface area contributed by atoms with Crippen molar-refractivity contribution in [1.29, 1.82) is 0 Å². The summed E-state index contributed by atoms with van der Waals surface area (Å²) in [4.78, 5) is 40.8. The molecular weight excluding hydrogens is 497 g/mol. The van der Waals surface area contributed by atoms with Crippen LogP contribution in [0.2, 0.25) is 0 Å². The molecule has 2 aromatic carbocycles. The van der Waals surface area contributed by atoms with Gasteiger partial charge in [0.1, 0.15) is 17.2 Å². The Hall–Kier alpha value is -4.01. The van der Waals surface area contributed by atoms with Gasteiger partial charge in [-0.1, -0.05) is 25.1 Å². The van der Waals surface area contributed by atoms with Crippen molar-refractivity contribution < 1.29 is 18.4 Å². The van der Waals surface area contributed by atoms with E-state index >= 15 is 0 Å². The highest BCUT2D eigenvalue weighted by atomic mass is 19.1. The van der Waals surface area contributed by atoms with Crippen LogP contribution in [0.3, 0.4) is 0 Å². The normalized spacial score (nSPS) is 17.2. The van der Waals surface area contributed by atoms with Crippen LogP contribution in [0, 0.1) is 12.7 Å². The highest BCUT2D eigenvalue weighted by Gasteiger charge is 2.30. The molecule has 5 rings (SSSR count). The number of aromatic nitrogens is 3. The molecule has 1 saturated heterocycles. The van der Waals surface area contributed by atoms with Crippen molar-refractivity contribution in [2.75, 3.05) is 11.9 Å². The molecule has 4 aromatic rings. The molecule has 9 heteroatoms. The quantitative estimate of drug-likeness (QED) is 0.275. The number of imidazole rings is 1. The van der Waals surface area contributed by atoms with Crippen LogP contribution in [-0.2, 0) is 9.59 Å². The molecule has 1 amide bonds. The van der Waals surface area contributed by atoms with E-state index in [1.807, 2.05) is 43.0 Å². The van der Waals surface area contributed by atoms with Gasteiger partial charge in [0.2, 0.25) is 5.91 Å². The lowest BCUT2D eigenvalue weighted by molar-refractivity contribution is -0.136. The minimum absolute atomic E-state index is 0.00655. The van der Waals surface area contributed by atoms with Crippen LogP contribution in [-0.4, -0.2) is 50.2 Å². The van der Waals surface area contributed by atoms with Crippen LogP contribution in [0.1, 0.15) is 63.3 Å². The number of hydrogen-bond donors (Lipinski definition) is 2. The topological polar surface area (TPSA) is 104 Å². The lowest BCUT2D eigenvalue weighted by Crippen LogP contribution is -2.45. The molecule has 0 radical (unpaired) electrons. The molecule has 2 N–H and O–H groups in total. The van der Waals surface area contributed by atoms with Crippen LogP contribution in [0.15, 0.2) is 53.1 Å². The number of rotatable bonds is 9. The van der Waals surface area contributed by atoms with Gasteiger partial charge in [-0.2, -0.15) is 4.98 Å². The molecule has 1 fully saturated rings. The van der Waals surface area contributed by atoms with Gasteiger partial charge in [-0.15, -0.1) is 0 Å². The van der Waals surface area contributed by atoms with Gasteiger partial charge < -0.3 is 19.6 Å². The van der Waals surface area contributed by atoms with Crippen molar-refractivity contribution >= 4 is 28.8 Å². The third kappa shape index (κ3) is 6.02. The Balaban J connectivity index is 1.33. The molecule has 8 nitrogen and oxygen atoms in total. The lowest BCUT2D eigenvalue weighted by atomic mass is 9.96. The van der Waals surface area contributed by atoms with Crippen molar-refractivity contribution in [2.24, 2.45) is 0 Å². The fraction of sp³-hybridized carbons (Fsp3) is 0.400. The van der Waals surface area contributed by atoms with E-state index in [0.717, 1.165) is 24.8 Å². The van der Waals surface area contributed by atoms with E-state index in [1.54, 1.807) is 18.3 Å². The molecule has 0 saturated carbocycles. The minimum Gasteiger partial charge on any atom is -0.424 e. The molecule has 0 bridgehead atoms. The maximum Gasteiger partial charge on any atom is 0.296 e. The summed E-state index contributed by atoms with van der Waals surface area (Å²) in [6.45, 7) is 6.47. The standard InChI is InChI=1S/C30H34FN5O3/c1-18-11-12-21(22(31)14-18)25-17-32-29(33-25)19(2)15-26(37)24(16-28(38)36-13-7-6-8-20(36)3)35-30-34-23-9-4-5-10-27(23)39-30/h4-5,9-12,14,17,19-20,24H,6-8,13,15-16H2,1-3H3,(H,32,33)(H,34,35)/t19-,20+,24+/m1/s1. The van der Waals surface area contributed by atoms with Gasteiger partial charge in [0.25, 0.3) is 6.01 Å². The van der Waals surface area contributed by atoms with Gasteiger partial charge in [0.15, 0.2) is 11.4 Å². The Morgan fingerprint density at radius 3 is 2.79 bits per heavy atom. The summed E-state index contributed by atoms with van der Waals surface area (Å²) in [7, 11) is 0. The Kier molecular flexibility index (Phi) is 7.77. The predicted molar refractivity (Wildman–Crippen MR) is 148 cm³/mol. The number of aryl methyl sites for hydroxylation is 1. The number of Topliss-reactive ketones (excluding diaryl/α,β-unsaturated/α-hetero) is 1. The SMILES string of the molecule is Cc1ccc(-c2cnc([C@H](C)CC(=O)[C@H](CC(=O)N3CCCC[C@@H]3C)Nc3nc4ccccc4o3)[nH]2)c(F)c1. The summed E-state index contributed by atoms with van der Waals surface area (Å²) in [5.74, 6) is -0.247. The fourth-order valence-electron chi connectivity index (χ4n) is 5.19. The number of ketones is 1. The average Bonchev–Trinajstić information content (AvgIpc) is 3.55. The molecule has 39 heavy (non-hydrogen) atoms. The number of likely N-dealkylation sites (tertiary alicyclic amines) is 1. The number of H-pyrrole nitrogens is 1. The van der Waals surface area contributed by atoms with Gasteiger partial charge in [0.05, 0.1) is 24.4 Å². The summed E-state index contributed by atoms with van der Waals surface area (Å²) in [5, 5.41) is 3.10. The number of halogens is 1. The van der Waals surface area contributed by atoms with Crippen molar-refractivity contribution in [2.45, 2.75) is 70.9 Å². The van der Waals surface area contributed by atoms with Crippen molar-refractivity contribution in [3.8, 4) is 11.3 Å². The smallest absolute Gasteiger partial charge is 0.296 e. The maximum absolute atomic E-state index is 14.5. The molecule has 1 aliphatic rings. The van der Waals surface area contributed by atoms with E-state index in [1.165, 1.54) is 6.07 Å². The number of nitrogens with zero attached hydrogens (tertiary/aromatic N) is 3. The third-order valence-electron chi connectivity index (χ3n) is 7.47. The molecule has 0 unspecified atom stereocenters. The Labute approximate surface area is 227 Å². The zero-order valence-corrected chi connectivity index (χ0v) is 22.5. The molecule has 3 atom stereocenters. The lowest BCUT2D eigenvalue weighted by Gasteiger charge is -2.34. The fourth-order valence-corrected chi connectivity index (χ4v) is 5.19. The first kappa shape index (κ1) is 26.6. The molecule has 2 aromatic heterocycles. The van der Waals surface area contributed by atoms with Crippen LogP contribution in [0.4, 0.5) is 10.4 Å². The summed E-state index contributed by atoms with van der Waals surface area (Å²) >= 11 is 0. The van der Waals surface area contributed by atoms with Gasteiger partial charge in [-0.3, -0.25) is 9.59 Å². The van der Waals surface area contributed by atoms with Gasteiger partial charge in [-0.05, 0) is 62.9 Å². The van der Waals surface area contributed by atoms with Crippen LogP contribution < -0.4 is 5.32 Å². The second-order valence-electron chi connectivity index (χ2n) is 10.6. The number of hydrogen-bond acceptors (Lipinski definition) is 6. The first-order valence-corrected chi connectivity index (χ1v) is 13.5. The van der Waals surface area contributed by atoms with E-state index < -0.39 is 6.04 Å². The van der Waals surface area contributed by atoms with E-state index in [2.05, 4.69) is 27.2 Å². The number of para-hydroxylation sites is 2. The Morgan fingerprint density at radius 2 is 2.03 bits per heavy atom. The van der Waals surface area contributed by atoms with Crippen LogP contribution >= 0.6 is 0 Å². The summed E-state index contributed by atoms with van der Waals surface area (Å²) in [6, 6.07) is 11.9. The predicted octanol–water partition coefficient (Wildman–Crippen LogP) is 6.00. The van der Waals surface area contributed by atoms with E-state index in [0.29, 0.717) is 34.7 Å². The molecular formula is C30H34FN5O3. The Bertz CT molecular complexity index is 1450. The molecule has 1 aliphatic heterocycles. The number of fused-ring (bicyclic) bond motifs is 1. The van der Waals surface area contributed by atoms with Gasteiger partial charge >= 0.3 is 0 Å². The average molecular weight is 532 g/mol. The number of nitrogens with one attached hydrogen (secondary N) is 2. The highest BCUT2D eigenvalue weighted by Crippen LogP contribution is 2.27. The number of aromatic amines is 1. The van der Waals surface area contributed by atoms with Gasteiger partial charge in [-0.25, -0.2) is 9.37 Å². The first-order valence-electron chi connectivity index (χ1n) is 13.5. The first-order chi connectivity index (χ1) is 18.8. The summed E-state index contributed by atoms with van der Waals surface area (Å²) in [6.07, 6.45) is 4.74. The molecule has 0 spiro atoms. The number of carbonyl (C=O) groups excluding carboxylic acids is 2. The largest absolute Gasteiger partial charge is 0.424 e. The molecule has 204 valence electrons. The zero-order chi connectivity index (χ0) is 27.5. The van der Waals surface area contributed by atoms with Crippen molar-refractivity contribution in [3.63, 3.8) is 0 Å². The number of piperidine rings is 1. The van der Waals surface area contributed by atoms with Crippen molar-refractivity contribution in [1.82, 2.24) is 19.9 Å².